The Bertz CT molecular complexity index is 829. The number of thiazole rings is 1. The SMILES string of the molecule is O=C(Nc1cc2cc(-c3cncs3)ncc2cn1)C1CNC1. The average molecular weight is 311 g/mol. The van der Waals surface area contributed by atoms with Gasteiger partial charge in [0.1, 0.15) is 5.82 Å². The van der Waals surface area contributed by atoms with E-state index in [4.69, 9.17) is 0 Å². The van der Waals surface area contributed by atoms with Gasteiger partial charge in [0.25, 0.3) is 0 Å². The Labute approximate surface area is 130 Å². The van der Waals surface area contributed by atoms with Gasteiger partial charge in [-0.25, -0.2) is 4.98 Å². The Balaban J connectivity index is 1.65. The molecule has 0 aromatic carbocycles. The van der Waals surface area contributed by atoms with Crippen LogP contribution in [0.1, 0.15) is 0 Å². The molecule has 1 aliphatic rings. The van der Waals surface area contributed by atoms with Crippen LogP contribution in [0.15, 0.2) is 36.2 Å². The second kappa shape index (κ2) is 5.43. The molecule has 0 saturated carbocycles. The summed E-state index contributed by atoms with van der Waals surface area (Å²) in [6, 6.07) is 3.87. The number of hydrogen-bond acceptors (Lipinski definition) is 6. The fourth-order valence-electron chi connectivity index (χ4n) is 2.29. The Kier molecular flexibility index (Phi) is 3.28. The lowest BCUT2D eigenvalue weighted by atomic mass is 10.0. The first kappa shape index (κ1) is 13.3. The minimum absolute atomic E-state index is 0.0161. The van der Waals surface area contributed by atoms with Crippen LogP contribution in [0.5, 0.6) is 0 Å². The Morgan fingerprint density at radius 2 is 2.05 bits per heavy atom. The van der Waals surface area contributed by atoms with Crippen molar-refractivity contribution in [1.29, 1.82) is 0 Å². The molecule has 1 amide bonds. The second-order valence-electron chi connectivity index (χ2n) is 5.20. The van der Waals surface area contributed by atoms with Gasteiger partial charge in [0.05, 0.1) is 22.0 Å². The molecule has 7 heteroatoms. The molecule has 0 bridgehead atoms. The highest BCUT2D eigenvalue weighted by atomic mass is 32.1. The van der Waals surface area contributed by atoms with Crippen LogP contribution in [0.4, 0.5) is 5.82 Å². The lowest BCUT2D eigenvalue weighted by Crippen LogP contribution is -2.48. The van der Waals surface area contributed by atoms with E-state index in [0.29, 0.717) is 5.82 Å². The van der Waals surface area contributed by atoms with Gasteiger partial charge < -0.3 is 10.6 Å². The van der Waals surface area contributed by atoms with E-state index in [1.807, 2.05) is 12.1 Å². The average Bonchev–Trinajstić information content (AvgIpc) is 2.98. The minimum atomic E-state index is 0.0161. The van der Waals surface area contributed by atoms with E-state index in [-0.39, 0.29) is 11.8 Å². The Morgan fingerprint density at radius 1 is 1.18 bits per heavy atom. The molecule has 0 spiro atoms. The molecule has 22 heavy (non-hydrogen) atoms. The third-order valence-electron chi connectivity index (χ3n) is 3.69. The summed E-state index contributed by atoms with van der Waals surface area (Å²) in [5.74, 6) is 0.635. The maximum absolute atomic E-state index is 12.0. The lowest BCUT2D eigenvalue weighted by molar-refractivity contribution is -0.121. The third kappa shape index (κ3) is 2.44. The number of aromatic nitrogens is 3. The maximum Gasteiger partial charge on any atom is 0.231 e. The van der Waals surface area contributed by atoms with Gasteiger partial charge in [0.2, 0.25) is 5.91 Å². The van der Waals surface area contributed by atoms with Gasteiger partial charge >= 0.3 is 0 Å². The first-order chi connectivity index (χ1) is 10.8. The molecule has 1 fully saturated rings. The number of nitrogens with zero attached hydrogens (tertiary/aromatic N) is 3. The summed E-state index contributed by atoms with van der Waals surface area (Å²) in [5, 5.41) is 7.89. The summed E-state index contributed by atoms with van der Waals surface area (Å²) in [5.41, 5.74) is 2.66. The van der Waals surface area contributed by atoms with Gasteiger partial charge in [0.15, 0.2) is 0 Å². The number of anilines is 1. The van der Waals surface area contributed by atoms with E-state index in [1.54, 1.807) is 35.4 Å². The molecule has 110 valence electrons. The van der Waals surface area contributed by atoms with Crippen molar-refractivity contribution in [3.63, 3.8) is 0 Å². The summed E-state index contributed by atoms with van der Waals surface area (Å²) >= 11 is 1.55. The van der Waals surface area contributed by atoms with Crippen molar-refractivity contribution in [2.45, 2.75) is 0 Å². The number of fused-ring (bicyclic) bond motifs is 1. The fourth-order valence-corrected chi connectivity index (χ4v) is 2.88. The smallest absolute Gasteiger partial charge is 0.231 e. The number of carbonyl (C=O) groups excluding carboxylic acids is 1. The minimum Gasteiger partial charge on any atom is -0.315 e. The highest BCUT2D eigenvalue weighted by Crippen LogP contribution is 2.25. The van der Waals surface area contributed by atoms with Gasteiger partial charge in [-0.15, -0.1) is 11.3 Å². The van der Waals surface area contributed by atoms with E-state index < -0.39 is 0 Å². The van der Waals surface area contributed by atoms with Crippen molar-refractivity contribution in [2.24, 2.45) is 5.92 Å². The molecular weight excluding hydrogens is 298 g/mol. The van der Waals surface area contributed by atoms with Crippen LogP contribution in [-0.2, 0) is 4.79 Å². The van der Waals surface area contributed by atoms with Crippen LogP contribution < -0.4 is 10.6 Å². The lowest BCUT2D eigenvalue weighted by Gasteiger charge is -2.25. The number of hydrogen-bond donors (Lipinski definition) is 2. The number of rotatable bonds is 3. The summed E-state index contributed by atoms with van der Waals surface area (Å²) in [6.45, 7) is 1.47. The summed E-state index contributed by atoms with van der Waals surface area (Å²) in [4.78, 5) is 25.8. The van der Waals surface area contributed by atoms with E-state index in [2.05, 4.69) is 25.6 Å². The van der Waals surface area contributed by atoms with Crippen molar-refractivity contribution in [3.8, 4) is 10.6 Å². The molecule has 3 aromatic heterocycles. The van der Waals surface area contributed by atoms with Gasteiger partial charge in [-0.2, -0.15) is 0 Å². The van der Waals surface area contributed by atoms with Crippen LogP contribution in [0.3, 0.4) is 0 Å². The zero-order chi connectivity index (χ0) is 14.9. The number of amides is 1. The highest BCUT2D eigenvalue weighted by molar-refractivity contribution is 7.13. The monoisotopic (exact) mass is 311 g/mol. The topological polar surface area (TPSA) is 79.8 Å². The standard InChI is InChI=1S/C15H13N5OS/c21-15(11-3-16-4-11)20-14-2-9-1-12(13-7-17-8-22-13)18-5-10(9)6-19-14/h1-2,5-8,11,16H,3-4H2,(H,19,20,21). The van der Waals surface area contributed by atoms with Crippen LogP contribution in [-0.4, -0.2) is 33.9 Å². The third-order valence-corrected chi connectivity index (χ3v) is 4.49. The highest BCUT2D eigenvalue weighted by Gasteiger charge is 2.25. The first-order valence-corrected chi connectivity index (χ1v) is 7.84. The maximum atomic E-state index is 12.0. The molecule has 4 rings (SSSR count). The van der Waals surface area contributed by atoms with E-state index in [0.717, 1.165) is 34.4 Å². The molecule has 1 aliphatic heterocycles. The predicted molar refractivity (Wildman–Crippen MR) is 85.6 cm³/mol. The van der Waals surface area contributed by atoms with Crippen LogP contribution in [0, 0.1) is 5.92 Å². The molecule has 4 heterocycles. The van der Waals surface area contributed by atoms with Crippen LogP contribution in [0.25, 0.3) is 21.3 Å². The second-order valence-corrected chi connectivity index (χ2v) is 6.08. The fraction of sp³-hybridized carbons (Fsp3) is 0.200. The van der Waals surface area contributed by atoms with Crippen molar-refractivity contribution in [3.05, 3.63) is 36.2 Å². The van der Waals surface area contributed by atoms with Gasteiger partial charge in [-0.1, -0.05) is 0 Å². The first-order valence-electron chi connectivity index (χ1n) is 6.96. The molecular formula is C15H13N5OS. The van der Waals surface area contributed by atoms with Gasteiger partial charge in [-0.05, 0) is 17.5 Å². The molecule has 0 atom stereocenters. The molecule has 3 aromatic rings. The predicted octanol–water partition coefficient (Wildman–Crippen LogP) is 1.91. The van der Waals surface area contributed by atoms with E-state index in [1.165, 1.54) is 0 Å². The van der Waals surface area contributed by atoms with Crippen LogP contribution in [0.2, 0.25) is 0 Å². The van der Waals surface area contributed by atoms with E-state index >= 15 is 0 Å². The summed E-state index contributed by atoms with van der Waals surface area (Å²) < 4.78 is 0. The van der Waals surface area contributed by atoms with Crippen LogP contribution >= 0.6 is 11.3 Å². The Hall–Kier alpha value is -2.38. The van der Waals surface area contributed by atoms with Crippen molar-refractivity contribution in [2.75, 3.05) is 18.4 Å². The molecule has 0 aliphatic carbocycles. The number of pyridine rings is 2. The number of carbonyl (C=O) groups is 1. The molecule has 2 N–H and O–H groups in total. The normalized spacial score (nSPS) is 14.7. The molecule has 6 nitrogen and oxygen atoms in total. The zero-order valence-corrected chi connectivity index (χ0v) is 12.4. The molecule has 1 saturated heterocycles. The largest absolute Gasteiger partial charge is 0.315 e. The molecule has 0 unspecified atom stereocenters. The summed E-state index contributed by atoms with van der Waals surface area (Å²) in [7, 11) is 0. The van der Waals surface area contributed by atoms with Gasteiger partial charge in [0, 0.05) is 37.1 Å². The van der Waals surface area contributed by atoms with Crippen molar-refractivity contribution in [1.82, 2.24) is 20.3 Å². The zero-order valence-electron chi connectivity index (χ0n) is 11.6. The quantitative estimate of drug-likeness (QED) is 0.772. The van der Waals surface area contributed by atoms with Gasteiger partial charge in [-0.3, -0.25) is 14.8 Å². The van der Waals surface area contributed by atoms with Crippen molar-refractivity contribution >= 4 is 33.8 Å². The van der Waals surface area contributed by atoms with E-state index in [9.17, 15) is 4.79 Å². The molecule has 0 radical (unpaired) electrons. The number of nitrogens with one attached hydrogen (secondary N) is 2. The summed E-state index contributed by atoms with van der Waals surface area (Å²) in [6.07, 6.45) is 5.32. The van der Waals surface area contributed by atoms with Crippen molar-refractivity contribution < 1.29 is 4.79 Å². The Morgan fingerprint density at radius 3 is 2.77 bits per heavy atom.